The molecule has 1 heteroatoms. The van der Waals surface area contributed by atoms with E-state index in [0.29, 0.717) is 10.8 Å². The van der Waals surface area contributed by atoms with Crippen LogP contribution in [0.3, 0.4) is 0 Å². The zero-order valence-corrected chi connectivity index (χ0v) is 12.7. The van der Waals surface area contributed by atoms with Gasteiger partial charge in [0, 0.05) is 0 Å². The lowest BCUT2D eigenvalue weighted by atomic mass is 9.40. The second kappa shape index (κ2) is 4.00. The molecule has 0 aromatic carbocycles. The molecule has 0 bridgehead atoms. The van der Waals surface area contributed by atoms with Crippen LogP contribution in [0.4, 0.5) is 0 Å². The highest BCUT2D eigenvalue weighted by atomic mass is 16.3. The maximum Gasteiger partial charge on any atom is 0.0599 e. The largest absolute Gasteiger partial charge is 0.393 e. The first-order valence-electron chi connectivity index (χ1n) is 8.74. The number of fused-ring (bicyclic) bond motifs is 5. The van der Waals surface area contributed by atoms with Crippen molar-refractivity contribution in [2.45, 2.75) is 77.7 Å². The fourth-order valence-corrected chi connectivity index (χ4v) is 6.85. The van der Waals surface area contributed by atoms with Gasteiger partial charge in [-0.25, -0.2) is 0 Å². The first-order valence-corrected chi connectivity index (χ1v) is 8.74. The van der Waals surface area contributed by atoms with Crippen LogP contribution in [0, 0.1) is 34.5 Å². The first kappa shape index (κ1) is 12.7. The lowest BCUT2D eigenvalue weighted by molar-refractivity contribution is -0.206. The molecule has 0 heterocycles. The van der Waals surface area contributed by atoms with Gasteiger partial charge >= 0.3 is 0 Å². The van der Waals surface area contributed by atoms with Crippen LogP contribution in [0.25, 0.3) is 0 Å². The fourth-order valence-electron chi connectivity index (χ4n) is 6.85. The molecular formula is C18H30O. The van der Waals surface area contributed by atoms with Crippen LogP contribution in [-0.2, 0) is 0 Å². The van der Waals surface area contributed by atoms with Crippen molar-refractivity contribution in [1.29, 1.82) is 0 Å². The van der Waals surface area contributed by atoms with Gasteiger partial charge in [-0.15, -0.1) is 0 Å². The van der Waals surface area contributed by atoms with Gasteiger partial charge < -0.3 is 5.11 Å². The molecular weight excluding hydrogens is 232 g/mol. The molecule has 0 radical (unpaired) electrons. The summed E-state index contributed by atoms with van der Waals surface area (Å²) in [4.78, 5) is 0. The van der Waals surface area contributed by atoms with Gasteiger partial charge in [0.05, 0.1) is 6.10 Å². The molecule has 7 atom stereocenters. The lowest BCUT2D eigenvalue weighted by Crippen LogP contribution is -2.62. The Morgan fingerprint density at radius 1 is 0.842 bits per heavy atom. The molecule has 4 saturated carbocycles. The molecule has 0 spiro atoms. The summed E-state index contributed by atoms with van der Waals surface area (Å²) in [5.41, 5.74) is 0.946. The van der Waals surface area contributed by atoms with E-state index in [9.17, 15) is 5.11 Å². The summed E-state index contributed by atoms with van der Waals surface area (Å²) >= 11 is 0. The van der Waals surface area contributed by atoms with E-state index in [-0.39, 0.29) is 6.10 Å². The Morgan fingerprint density at radius 2 is 1.68 bits per heavy atom. The van der Waals surface area contributed by atoms with E-state index >= 15 is 0 Å². The van der Waals surface area contributed by atoms with Crippen molar-refractivity contribution >= 4 is 0 Å². The first-order chi connectivity index (χ1) is 9.06. The van der Waals surface area contributed by atoms with E-state index in [1.54, 1.807) is 0 Å². The van der Waals surface area contributed by atoms with Crippen molar-refractivity contribution in [1.82, 2.24) is 0 Å². The second-order valence-electron chi connectivity index (χ2n) is 8.70. The number of aliphatic hydroxyl groups is 1. The minimum Gasteiger partial charge on any atom is -0.393 e. The lowest BCUT2D eigenvalue weighted by Gasteiger charge is -2.66. The molecule has 0 saturated heterocycles. The standard InChI is InChI=1S/C18H30O/c1-17-9-4-3-5-12(17)6-7-13-14(17)8-10-18(2)15(13)11-16(18)19/h12-16,19H,3-11H2,1-2H3/t12-,13-,14+,15+,16+,17+,18+/m1/s1. The quantitative estimate of drug-likeness (QED) is 0.686. The zero-order valence-electron chi connectivity index (χ0n) is 12.7. The van der Waals surface area contributed by atoms with Crippen LogP contribution in [0.5, 0.6) is 0 Å². The van der Waals surface area contributed by atoms with Gasteiger partial charge in [-0.1, -0.05) is 26.7 Å². The van der Waals surface area contributed by atoms with Crippen LogP contribution in [0.15, 0.2) is 0 Å². The van der Waals surface area contributed by atoms with Gasteiger partial charge in [-0.05, 0) is 79.4 Å². The smallest absolute Gasteiger partial charge is 0.0599 e. The molecule has 0 aliphatic heterocycles. The number of hydrogen-bond donors (Lipinski definition) is 1. The van der Waals surface area contributed by atoms with Gasteiger partial charge in [0.25, 0.3) is 0 Å². The van der Waals surface area contributed by atoms with Crippen molar-refractivity contribution in [3.05, 3.63) is 0 Å². The highest BCUT2D eigenvalue weighted by Crippen LogP contribution is 2.67. The summed E-state index contributed by atoms with van der Waals surface area (Å²) in [5, 5.41) is 10.2. The van der Waals surface area contributed by atoms with Crippen molar-refractivity contribution in [2.24, 2.45) is 34.5 Å². The third-order valence-corrected chi connectivity index (χ3v) is 8.26. The molecule has 1 nitrogen and oxygen atoms in total. The summed E-state index contributed by atoms with van der Waals surface area (Å²) in [7, 11) is 0. The van der Waals surface area contributed by atoms with E-state index in [4.69, 9.17) is 0 Å². The Balaban J connectivity index is 1.62. The number of rotatable bonds is 0. The van der Waals surface area contributed by atoms with Gasteiger partial charge in [-0.2, -0.15) is 0 Å². The average molecular weight is 262 g/mol. The minimum absolute atomic E-state index is 0.00957. The minimum atomic E-state index is 0.00957. The van der Waals surface area contributed by atoms with E-state index in [0.717, 1.165) is 30.1 Å². The van der Waals surface area contributed by atoms with Crippen molar-refractivity contribution in [3.63, 3.8) is 0 Å². The summed E-state index contributed by atoms with van der Waals surface area (Å²) in [6, 6.07) is 0. The molecule has 4 fully saturated rings. The SMILES string of the molecule is C[C@]12CCCC[C@@H]1CC[C@@H]1[C@@H]2CC[C@]2(C)[C@@H](O)C[C@@H]12. The third kappa shape index (κ3) is 1.51. The highest BCUT2D eigenvalue weighted by Gasteiger charge is 2.62. The molecule has 0 aromatic rings. The van der Waals surface area contributed by atoms with E-state index in [1.807, 2.05) is 0 Å². The zero-order chi connectivity index (χ0) is 13.3. The summed E-state index contributed by atoms with van der Waals surface area (Å²) < 4.78 is 0. The Morgan fingerprint density at radius 3 is 2.47 bits per heavy atom. The molecule has 0 unspecified atom stereocenters. The van der Waals surface area contributed by atoms with Crippen LogP contribution in [0.2, 0.25) is 0 Å². The summed E-state index contributed by atoms with van der Waals surface area (Å²) in [6.45, 7) is 5.00. The van der Waals surface area contributed by atoms with Gasteiger partial charge in [0.15, 0.2) is 0 Å². The molecule has 108 valence electrons. The predicted molar refractivity (Wildman–Crippen MR) is 77.7 cm³/mol. The molecule has 4 aliphatic carbocycles. The van der Waals surface area contributed by atoms with Crippen molar-refractivity contribution in [3.8, 4) is 0 Å². The third-order valence-electron chi connectivity index (χ3n) is 8.26. The van der Waals surface area contributed by atoms with Crippen molar-refractivity contribution in [2.75, 3.05) is 0 Å². The van der Waals surface area contributed by atoms with Crippen LogP contribution < -0.4 is 0 Å². The normalized spacial score (nSPS) is 60.5. The van der Waals surface area contributed by atoms with Gasteiger partial charge in [-0.3, -0.25) is 0 Å². The number of aliphatic hydroxyl groups excluding tert-OH is 1. The molecule has 4 aliphatic rings. The predicted octanol–water partition coefficient (Wildman–Crippen LogP) is 4.39. The van der Waals surface area contributed by atoms with Crippen LogP contribution in [0.1, 0.15) is 71.6 Å². The summed E-state index contributed by atoms with van der Waals surface area (Å²) in [6.07, 6.45) is 12.7. The van der Waals surface area contributed by atoms with Gasteiger partial charge in [0.2, 0.25) is 0 Å². The Kier molecular flexibility index (Phi) is 2.67. The van der Waals surface area contributed by atoms with Crippen molar-refractivity contribution < 1.29 is 5.11 Å². The van der Waals surface area contributed by atoms with E-state index in [2.05, 4.69) is 13.8 Å². The van der Waals surface area contributed by atoms with Crippen LogP contribution in [-0.4, -0.2) is 11.2 Å². The molecule has 0 aromatic heterocycles. The maximum atomic E-state index is 10.2. The summed E-state index contributed by atoms with van der Waals surface area (Å²) in [5.74, 6) is 3.80. The molecule has 4 rings (SSSR count). The Bertz CT molecular complexity index is 378. The second-order valence-corrected chi connectivity index (χ2v) is 8.70. The maximum absolute atomic E-state index is 10.2. The fraction of sp³-hybridized carbons (Fsp3) is 1.00. The Hall–Kier alpha value is -0.0400. The molecule has 1 N–H and O–H groups in total. The average Bonchev–Trinajstić information content (AvgIpc) is 2.40. The Labute approximate surface area is 118 Å². The monoisotopic (exact) mass is 262 g/mol. The van der Waals surface area contributed by atoms with E-state index < -0.39 is 0 Å². The topological polar surface area (TPSA) is 20.2 Å². The molecule has 0 amide bonds. The highest BCUT2D eigenvalue weighted by molar-refractivity contribution is 5.11. The number of hydrogen-bond acceptors (Lipinski definition) is 1. The van der Waals surface area contributed by atoms with E-state index in [1.165, 1.54) is 51.4 Å². The van der Waals surface area contributed by atoms with Gasteiger partial charge in [0.1, 0.15) is 0 Å². The molecule has 19 heavy (non-hydrogen) atoms. The van der Waals surface area contributed by atoms with Crippen LogP contribution >= 0.6 is 0 Å².